The second-order valence-electron chi connectivity index (χ2n) is 7.28. The number of likely N-dealkylation sites (tertiary alicyclic amines) is 1. The SMILES string of the molecule is CN=C(NCc1ccc(OC(C)C)nc1)N1CC2CCCCC2C1.I. The molecule has 5 nitrogen and oxygen atoms in total. The van der Waals surface area contributed by atoms with Gasteiger partial charge in [0.15, 0.2) is 5.96 Å². The Morgan fingerprint density at radius 1 is 1.28 bits per heavy atom. The zero-order valence-corrected chi connectivity index (χ0v) is 17.9. The van der Waals surface area contributed by atoms with E-state index in [2.05, 4.69) is 26.3 Å². The average Bonchev–Trinajstić information content (AvgIpc) is 3.00. The molecule has 2 fully saturated rings. The number of fused-ring (bicyclic) bond motifs is 1. The van der Waals surface area contributed by atoms with E-state index in [4.69, 9.17) is 4.74 Å². The van der Waals surface area contributed by atoms with Crippen LogP contribution in [-0.2, 0) is 6.54 Å². The maximum atomic E-state index is 5.59. The lowest BCUT2D eigenvalue weighted by molar-refractivity contribution is 0.232. The van der Waals surface area contributed by atoms with Crippen LogP contribution < -0.4 is 10.1 Å². The van der Waals surface area contributed by atoms with Crippen molar-refractivity contribution in [2.24, 2.45) is 16.8 Å². The first-order valence-corrected chi connectivity index (χ1v) is 9.23. The van der Waals surface area contributed by atoms with Crippen molar-refractivity contribution in [3.05, 3.63) is 23.9 Å². The number of guanidine groups is 1. The van der Waals surface area contributed by atoms with Gasteiger partial charge in [-0.1, -0.05) is 18.9 Å². The normalized spacial score (nSPS) is 23.2. The first kappa shape index (κ1) is 20.3. The van der Waals surface area contributed by atoms with Crippen LogP contribution in [0.3, 0.4) is 0 Å². The smallest absolute Gasteiger partial charge is 0.213 e. The zero-order valence-electron chi connectivity index (χ0n) is 15.6. The van der Waals surface area contributed by atoms with E-state index in [0.717, 1.165) is 43.0 Å². The van der Waals surface area contributed by atoms with Gasteiger partial charge < -0.3 is 15.0 Å². The van der Waals surface area contributed by atoms with Crippen molar-refractivity contribution < 1.29 is 4.74 Å². The highest BCUT2D eigenvalue weighted by Gasteiger charge is 2.35. The molecule has 1 aliphatic carbocycles. The third-order valence-corrected chi connectivity index (χ3v) is 5.09. The number of aliphatic imine (C=N–C) groups is 1. The van der Waals surface area contributed by atoms with Crippen LogP contribution in [0.5, 0.6) is 5.88 Å². The fourth-order valence-electron chi connectivity index (χ4n) is 3.92. The van der Waals surface area contributed by atoms with Crippen LogP contribution in [0.4, 0.5) is 0 Å². The molecule has 2 unspecified atom stereocenters. The first-order chi connectivity index (χ1) is 11.7. The largest absolute Gasteiger partial charge is 0.475 e. The Balaban J connectivity index is 0.00000225. The summed E-state index contributed by atoms with van der Waals surface area (Å²) in [7, 11) is 1.88. The Bertz CT molecular complexity index is 547. The zero-order chi connectivity index (χ0) is 16.9. The lowest BCUT2D eigenvalue weighted by Crippen LogP contribution is -2.39. The molecule has 1 saturated heterocycles. The summed E-state index contributed by atoms with van der Waals surface area (Å²) in [5.74, 6) is 3.44. The number of ether oxygens (including phenoxy) is 1. The summed E-state index contributed by atoms with van der Waals surface area (Å²) in [5.41, 5.74) is 1.14. The third-order valence-electron chi connectivity index (χ3n) is 5.09. The van der Waals surface area contributed by atoms with E-state index in [1.165, 1.54) is 25.7 Å². The predicted octanol–water partition coefficient (Wildman–Crippen LogP) is 3.68. The standard InChI is InChI=1S/C19H30N4O.HI/c1-14(2)24-18-9-8-15(10-21-18)11-22-19(20-3)23-12-16-6-4-5-7-17(16)13-23;/h8-10,14,16-17H,4-7,11-13H2,1-3H3,(H,20,22);1H. The molecule has 3 rings (SSSR count). The number of halogens is 1. The van der Waals surface area contributed by atoms with Gasteiger partial charge in [0.05, 0.1) is 6.10 Å². The predicted molar refractivity (Wildman–Crippen MR) is 113 cm³/mol. The van der Waals surface area contributed by atoms with E-state index in [1.54, 1.807) is 0 Å². The van der Waals surface area contributed by atoms with Crippen LogP contribution in [-0.4, -0.2) is 42.1 Å². The minimum atomic E-state index is 0. The van der Waals surface area contributed by atoms with Gasteiger partial charge in [0.2, 0.25) is 5.88 Å². The lowest BCUT2D eigenvalue weighted by atomic mass is 9.82. The monoisotopic (exact) mass is 458 g/mol. The van der Waals surface area contributed by atoms with Crippen molar-refractivity contribution >= 4 is 29.9 Å². The molecule has 2 atom stereocenters. The molecule has 1 N–H and O–H groups in total. The highest BCUT2D eigenvalue weighted by molar-refractivity contribution is 14.0. The molecule has 0 spiro atoms. The second-order valence-corrected chi connectivity index (χ2v) is 7.28. The third kappa shape index (κ3) is 5.46. The van der Waals surface area contributed by atoms with E-state index >= 15 is 0 Å². The summed E-state index contributed by atoms with van der Waals surface area (Å²) in [5, 5.41) is 3.49. The maximum absolute atomic E-state index is 5.59. The minimum Gasteiger partial charge on any atom is -0.475 e. The van der Waals surface area contributed by atoms with E-state index in [0.29, 0.717) is 5.88 Å². The Morgan fingerprint density at radius 3 is 2.48 bits per heavy atom. The summed E-state index contributed by atoms with van der Waals surface area (Å²) < 4.78 is 5.59. The molecular weight excluding hydrogens is 427 g/mol. The minimum absolute atomic E-state index is 0. The Labute approximate surface area is 168 Å². The lowest BCUT2D eigenvalue weighted by Gasteiger charge is -2.22. The van der Waals surface area contributed by atoms with Gasteiger partial charge in [-0.05, 0) is 44.1 Å². The number of rotatable bonds is 4. The number of pyridine rings is 1. The molecule has 1 aromatic rings. The molecule has 6 heteroatoms. The number of nitrogens with zero attached hydrogens (tertiary/aromatic N) is 3. The van der Waals surface area contributed by atoms with Gasteiger partial charge in [-0.25, -0.2) is 4.98 Å². The molecule has 0 amide bonds. The van der Waals surface area contributed by atoms with Gasteiger partial charge in [0, 0.05) is 38.9 Å². The molecule has 0 bridgehead atoms. The highest BCUT2D eigenvalue weighted by atomic mass is 127. The number of aromatic nitrogens is 1. The fraction of sp³-hybridized carbons (Fsp3) is 0.684. The molecule has 140 valence electrons. The quantitative estimate of drug-likeness (QED) is 0.425. The number of hydrogen-bond acceptors (Lipinski definition) is 3. The van der Waals surface area contributed by atoms with Crippen LogP contribution >= 0.6 is 24.0 Å². The summed E-state index contributed by atoms with van der Waals surface area (Å²) in [4.78, 5) is 11.3. The van der Waals surface area contributed by atoms with Gasteiger partial charge in [0.25, 0.3) is 0 Å². The van der Waals surface area contributed by atoms with E-state index in [-0.39, 0.29) is 30.1 Å². The van der Waals surface area contributed by atoms with Crippen LogP contribution in [0.2, 0.25) is 0 Å². The fourth-order valence-corrected chi connectivity index (χ4v) is 3.92. The summed E-state index contributed by atoms with van der Waals surface area (Å²) in [6, 6.07) is 4.00. The van der Waals surface area contributed by atoms with Crippen LogP contribution in [0.25, 0.3) is 0 Å². The molecule has 2 aliphatic rings. The molecule has 2 heterocycles. The van der Waals surface area contributed by atoms with Crippen molar-refractivity contribution in [1.82, 2.24) is 15.2 Å². The topological polar surface area (TPSA) is 49.8 Å². The summed E-state index contributed by atoms with van der Waals surface area (Å²) in [6.45, 7) is 7.07. The Morgan fingerprint density at radius 2 is 1.96 bits per heavy atom. The molecule has 1 aliphatic heterocycles. The van der Waals surface area contributed by atoms with Crippen LogP contribution in [0, 0.1) is 11.8 Å². The van der Waals surface area contributed by atoms with Crippen molar-refractivity contribution in [3.63, 3.8) is 0 Å². The summed E-state index contributed by atoms with van der Waals surface area (Å²) in [6.07, 6.45) is 7.61. The number of nitrogens with one attached hydrogen (secondary N) is 1. The van der Waals surface area contributed by atoms with Gasteiger partial charge in [-0.2, -0.15) is 0 Å². The Kier molecular flexibility index (Phi) is 7.78. The first-order valence-electron chi connectivity index (χ1n) is 9.23. The molecular formula is C19H31IN4O. The summed E-state index contributed by atoms with van der Waals surface area (Å²) >= 11 is 0. The molecule has 25 heavy (non-hydrogen) atoms. The highest BCUT2D eigenvalue weighted by Crippen LogP contribution is 2.35. The van der Waals surface area contributed by atoms with E-state index in [1.807, 2.05) is 33.2 Å². The van der Waals surface area contributed by atoms with Crippen LogP contribution in [0.1, 0.15) is 45.1 Å². The van der Waals surface area contributed by atoms with Gasteiger partial charge in [0.1, 0.15) is 0 Å². The molecule has 1 saturated carbocycles. The maximum Gasteiger partial charge on any atom is 0.213 e. The average molecular weight is 458 g/mol. The second kappa shape index (κ2) is 9.59. The Hall–Kier alpha value is -1.05. The molecule has 1 aromatic heterocycles. The van der Waals surface area contributed by atoms with E-state index in [9.17, 15) is 0 Å². The molecule has 0 aromatic carbocycles. The van der Waals surface area contributed by atoms with Crippen molar-refractivity contribution in [3.8, 4) is 5.88 Å². The van der Waals surface area contributed by atoms with Gasteiger partial charge >= 0.3 is 0 Å². The van der Waals surface area contributed by atoms with Gasteiger partial charge in [-0.15, -0.1) is 24.0 Å². The van der Waals surface area contributed by atoms with E-state index < -0.39 is 0 Å². The van der Waals surface area contributed by atoms with Crippen molar-refractivity contribution in [1.29, 1.82) is 0 Å². The number of hydrogen-bond donors (Lipinski definition) is 1. The van der Waals surface area contributed by atoms with Crippen LogP contribution in [0.15, 0.2) is 23.3 Å². The van der Waals surface area contributed by atoms with Crippen molar-refractivity contribution in [2.45, 2.75) is 52.2 Å². The molecule has 0 radical (unpaired) electrons. The van der Waals surface area contributed by atoms with Gasteiger partial charge in [-0.3, -0.25) is 4.99 Å². The van der Waals surface area contributed by atoms with Crippen molar-refractivity contribution in [2.75, 3.05) is 20.1 Å².